The Hall–Kier alpha value is -2.07. The Kier molecular flexibility index (Phi) is 5.99. The Morgan fingerprint density at radius 2 is 2.04 bits per heavy atom. The van der Waals surface area contributed by atoms with Gasteiger partial charge < -0.3 is 10.1 Å². The van der Waals surface area contributed by atoms with Gasteiger partial charge in [0.25, 0.3) is 16.1 Å². The Balaban J connectivity index is 2.00. The number of amides is 1. The molecule has 0 aliphatic carbocycles. The number of para-hydroxylation sites is 1. The summed E-state index contributed by atoms with van der Waals surface area (Å²) in [4.78, 5) is 17.4. The maximum Gasteiger partial charge on any atom is 0.281 e. The normalized spacial score (nSPS) is 18.7. The van der Waals surface area contributed by atoms with Crippen LogP contribution in [0, 0.1) is 0 Å². The predicted molar refractivity (Wildman–Crippen MR) is 107 cm³/mol. The minimum Gasteiger partial charge on any atom is -0.369 e. The van der Waals surface area contributed by atoms with Crippen LogP contribution in [0.25, 0.3) is 10.9 Å². The quantitative estimate of drug-likeness (QED) is 0.813. The zero-order chi connectivity index (χ0) is 20.5. The lowest BCUT2D eigenvalue weighted by Crippen LogP contribution is -2.47. The molecule has 1 amide bonds. The van der Waals surface area contributed by atoms with Gasteiger partial charge in [0.15, 0.2) is 0 Å². The molecule has 1 saturated heterocycles. The first-order chi connectivity index (χ1) is 13.2. The number of hydrogen-bond acceptors (Lipinski definition) is 5. The van der Waals surface area contributed by atoms with Gasteiger partial charge in [-0.25, -0.2) is 4.98 Å². The number of hydrogen-bond donors (Lipinski definition) is 1. The standard InChI is InChI=1S/C19H26N4O4S/c1-13(2)20-19(24)15-11-17(21-16-8-6-5-7-14(15)16)18-12-23(9-10-27-18)28(25,26)22(3)4/h5-8,11,13,18H,9-10,12H2,1-4H3,(H,20,24). The maximum atomic E-state index is 12.7. The number of pyridine rings is 1. The molecule has 2 heterocycles. The molecule has 1 aromatic heterocycles. The summed E-state index contributed by atoms with van der Waals surface area (Å²) in [7, 11) is -0.541. The topological polar surface area (TPSA) is 91.8 Å². The Morgan fingerprint density at radius 3 is 2.71 bits per heavy atom. The molecule has 3 rings (SSSR count). The van der Waals surface area contributed by atoms with Crippen LogP contribution in [0.15, 0.2) is 30.3 Å². The third-order valence-electron chi connectivity index (χ3n) is 4.55. The maximum absolute atomic E-state index is 12.7. The molecule has 1 N–H and O–H groups in total. The summed E-state index contributed by atoms with van der Waals surface area (Å²) >= 11 is 0. The summed E-state index contributed by atoms with van der Waals surface area (Å²) in [5.74, 6) is -0.191. The number of nitrogens with zero attached hydrogens (tertiary/aromatic N) is 3. The second kappa shape index (κ2) is 8.12. The van der Waals surface area contributed by atoms with Crippen molar-refractivity contribution >= 4 is 27.0 Å². The van der Waals surface area contributed by atoms with Gasteiger partial charge in [-0.2, -0.15) is 17.0 Å². The molecule has 0 bridgehead atoms. The lowest BCUT2D eigenvalue weighted by Gasteiger charge is -2.33. The average Bonchev–Trinajstić information content (AvgIpc) is 2.66. The van der Waals surface area contributed by atoms with Gasteiger partial charge in [0.2, 0.25) is 0 Å². The Labute approximate surface area is 165 Å². The van der Waals surface area contributed by atoms with Crippen LogP contribution in [0.5, 0.6) is 0 Å². The number of nitrogens with one attached hydrogen (secondary N) is 1. The number of benzene rings is 1. The highest BCUT2D eigenvalue weighted by molar-refractivity contribution is 7.86. The molecule has 1 unspecified atom stereocenters. The molecule has 152 valence electrons. The summed E-state index contributed by atoms with van der Waals surface area (Å²) in [6, 6.07) is 9.10. The van der Waals surface area contributed by atoms with Crippen LogP contribution in [0.1, 0.15) is 36.0 Å². The SMILES string of the molecule is CC(C)NC(=O)c1cc(C2CN(S(=O)(=O)N(C)C)CCO2)nc2ccccc12. The lowest BCUT2D eigenvalue weighted by molar-refractivity contribution is -0.00608. The first-order valence-corrected chi connectivity index (χ1v) is 10.6. The zero-order valence-corrected chi connectivity index (χ0v) is 17.4. The minimum atomic E-state index is -3.55. The molecule has 1 fully saturated rings. The van der Waals surface area contributed by atoms with Crippen molar-refractivity contribution in [1.82, 2.24) is 18.9 Å². The van der Waals surface area contributed by atoms with Crippen molar-refractivity contribution in [3.8, 4) is 0 Å². The highest BCUT2D eigenvalue weighted by Gasteiger charge is 2.33. The number of aromatic nitrogens is 1. The fraction of sp³-hybridized carbons (Fsp3) is 0.474. The van der Waals surface area contributed by atoms with Crippen molar-refractivity contribution < 1.29 is 17.9 Å². The summed E-state index contributed by atoms with van der Waals surface area (Å²) in [5, 5.41) is 3.66. The van der Waals surface area contributed by atoms with Crippen LogP contribution in [-0.4, -0.2) is 67.8 Å². The second-order valence-electron chi connectivity index (χ2n) is 7.25. The van der Waals surface area contributed by atoms with Crippen molar-refractivity contribution in [3.05, 3.63) is 41.6 Å². The fourth-order valence-corrected chi connectivity index (χ4v) is 4.22. The summed E-state index contributed by atoms with van der Waals surface area (Å²) in [6.45, 7) is 4.50. The number of fused-ring (bicyclic) bond motifs is 1. The van der Waals surface area contributed by atoms with E-state index in [1.807, 2.05) is 38.1 Å². The van der Waals surface area contributed by atoms with E-state index in [2.05, 4.69) is 10.3 Å². The van der Waals surface area contributed by atoms with Gasteiger partial charge in [-0.15, -0.1) is 0 Å². The van der Waals surface area contributed by atoms with E-state index in [-0.39, 0.29) is 31.6 Å². The largest absolute Gasteiger partial charge is 0.369 e. The number of carbonyl (C=O) groups excluding carboxylic acids is 1. The van der Waals surface area contributed by atoms with Crippen LogP contribution in [0.4, 0.5) is 0 Å². The molecule has 0 radical (unpaired) electrons. The van der Waals surface area contributed by atoms with E-state index in [4.69, 9.17) is 4.74 Å². The van der Waals surface area contributed by atoms with Crippen LogP contribution in [0.2, 0.25) is 0 Å². The minimum absolute atomic E-state index is 0.00506. The number of rotatable bonds is 5. The molecule has 1 atom stereocenters. The van der Waals surface area contributed by atoms with Crippen LogP contribution < -0.4 is 5.32 Å². The fourth-order valence-electron chi connectivity index (χ4n) is 3.13. The van der Waals surface area contributed by atoms with Crippen LogP contribution in [-0.2, 0) is 14.9 Å². The second-order valence-corrected chi connectivity index (χ2v) is 9.39. The lowest BCUT2D eigenvalue weighted by atomic mass is 10.0. The summed E-state index contributed by atoms with van der Waals surface area (Å²) < 4.78 is 33.3. The van der Waals surface area contributed by atoms with E-state index >= 15 is 0 Å². The third-order valence-corrected chi connectivity index (χ3v) is 6.45. The van der Waals surface area contributed by atoms with E-state index in [0.717, 1.165) is 5.39 Å². The van der Waals surface area contributed by atoms with E-state index in [1.165, 1.54) is 22.7 Å². The van der Waals surface area contributed by atoms with E-state index in [9.17, 15) is 13.2 Å². The molecule has 1 aliphatic heterocycles. The van der Waals surface area contributed by atoms with Gasteiger partial charge in [0.1, 0.15) is 6.10 Å². The van der Waals surface area contributed by atoms with Crippen molar-refractivity contribution in [1.29, 1.82) is 0 Å². The Bertz CT molecular complexity index is 975. The smallest absolute Gasteiger partial charge is 0.281 e. The van der Waals surface area contributed by atoms with E-state index in [0.29, 0.717) is 16.8 Å². The molecule has 1 aromatic carbocycles. The van der Waals surface area contributed by atoms with Gasteiger partial charge in [0.05, 0.1) is 23.4 Å². The molecule has 8 nitrogen and oxygen atoms in total. The van der Waals surface area contributed by atoms with Crippen molar-refractivity contribution in [2.24, 2.45) is 0 Å². The van der Waals surface area contributed by atoms with Crippen LogP contribution >= 0.6 is 0 Å². The summed E-state index contributed by atoms with van der Waals surface area (Å²) in [6.07, 6.45) is -0.543. The molecule has 1 aliphatic rings. The van der Waals surface area contributed by atoms with Gasteiger partial charge in [-0.3, -0.25) is 4.79 Å². The van der Waals surface area contributed by atoms with E-state index in [1.54, 1.807) is 6.07 Å². The van der Waals surface area contributed by atoms with Gasteiger partial charge in [-0.05, 0) is 26.0 Å². The molecule has 0 saturated carbocycles. The number of morpholine rings is 1. The number of carbonyl (C=O) groups is 1. The van der Waals surface area contributed by atoms with E-state index < -0.39 is 16.3 Å². The first-order valence-electron chi connectivity index (χ1n) is 9.20. The molecule has 0 spiro atoms. The average molecular weight is 407 g/mol. The monoisotopic (exact) mass is 406 g/mol. The van der Waals surface area contributed by atoms with Crippen molar-refractivity contribution in [2.45, 2.75) is 26.0 Å². The third kappa shape index (κ3) is 4.17. The zero-order valence-electron chi connectivity index (χ0n) is 16.5. The van der Waals surface area contributed by atoms with Gasteiger partial charge >= 0.3 is 0 Å². The number of ether oxygens (including phenoxy) is 1. The molecular formula is C19H26N4O4S. The predicted octanol–water partition coefficient (Wildman–Crippen LogP) is 1.55. The highest BCUT2D eigenvalue weighted by atomic mass is 32.2. The Morgan fingerprint density at radius 1 is 1.32 bits per heavy atom. The molecular weight excluding hydrogens is 380 g/mol. The molecule has 2 aromatic rings. The molecule has 28 heavy (non-hydrogen) atoms. The van der Waals surface area contributed by atoms with Gasteiger partial charge in [-0.1, -0.05) is 18.2 Å². The van der Waals surface area contributed by atoms with Crippen molar-refractivity contribution in [2.75, 3.05) is 33.8 Å². The van der Waals surface area contributed by atoms with Crippen LogP contribution in [0.3, 0.4) is 0 Å². The summed E-state index contributed by atoms with van der Waals surface area (Å²) in [5.41, 5.74) is 1.72. The molecule has 9 heteroatoms. The van der Waals surface area contributed by atoms with Crippen molar-refractivity contribution in [3.63, 3.8) is 0 Å². The van der Waals surface area contributed by atoms with Gasteiger partial charge in [0, 0.05) is 38.6 Å². The first kappa shape index (κ1) is 20.7. The highest BCUT2D eigenvalue weighted by Crippen LogP contribution is 2.27.